The molecule has 0 bridgehead atoms. The third-order valence-corrected chi connectivity index (χ3v) is 3.10. The molecule has 6 heteroatoms. The first-order valence-electron chi connectivity index (χ1n) is 6.02. The van der Waals surface area contributed by atoms with Gasteiger partial charge in [-0.2, -0.15) is 13.2 Å². The third kappa shape index (κ3) is 3.70. The van der Waals surface area contributed by atoms with Crippen LogP contribution in [0.25, 0.3) is 0 Å². The minimum absolute atomic E-state index is 0.0182. The second-order valence-electron chi connectivity index (χ2n) is 4.52. The van der Waals surface area contributed by atoms with Gasteiger partial charge in [-0.3, -0.25) is 0 Å². The summed E-state index contributed by atoms with van der Waals surface area (Å²) in [5.41, 5.74) is -0.287. The van der Waals surface area contributed by atoms with Gasteiger partial charge in [0.2, 0.25) is 0 Å². The molecule has 0 spiro atoms. The molecule has 0 amide bonds. The van der Waals surface area contributed by atoms with Gasteiger partial charge in [0.15, 0.2) is 0 Å². The van der Waals surface area contributed by atoms with Gasteiger partial charge in [0.25, 0.3) is 0 Å². The highest BCUT2D eigenvalue weighted by atomic mass is 35.5. The Morgan fingerprint density at radius 3 is 2.60 bits per heavy atom. The van der Waals surface area contributed by atoms with Crippen molar-refractivity contribution in [2.45, 2.75) is 25.6 Å². The van der Waals surface area contributed by atoms with Crippen molar-refractivity contribution in [3.8, 4) is 0 Å². The third-order valence-electron chi connectivity index (χ3n) is 2.79. The molecule has 1 atom stereocenters. The highest BCUT2D eigenvalue weighted by Crippen LogP contribution is 2.34. The van der Waals surface area contributed by atoms with Crippen LogP contribution in [-0.4, -0.2) is 6.04 Å². The quantitative estimate of drug-likeness (QED) is 0.860. The Kier molecular flexibility index (Phi) is 4.28. The summed E-state index contributed by atoms with van der Waals surface area (Å²) in [4.78, 5) is 0. The van der Waals surface area contributed by atoms with E-state index in [0.717, 1.165) is 17.9 Å². The monoisotopic (exact) mass is 303 g/mol. The highest BCUT2D eigenvalue weighted by Gasteiger charge is 2.30. The predicted octanol–water partition coefficient (Wildman–Crippen LogP) is 4.99. The maximum atomic E-state index is 12.5. The minimum atomic E-state index is -4.39. The molecular weight excluding hydrogens is 291 g/mol. The van der Waals surface area contributed by atoms with E-state index in [4.69, 9.17) is 16.0 Å². The van der Waals surface area contributed by atoms with Crippen molar-refractivity contribution < 1.29 is 17.6 Å². The number of anilines is 1. The van der Waals surface area contributed by atoms with Crippen molar-refractivity contribution in [1.29, 1.82) is 0 Å². The Morgan fingerprint density at radius 1 is 1.30 bits per heavy atom. The Labute approximate surface area is 119 Å². The number of halogens is 4. The number of furan rings is 1. The number of rotatable bonds is 4. The summed E-state index contributed by atoms with van der Waals surface area (Å²) in [5.74, 6) is 0.799. The topological polar surface area (TPSA) is 25.2 Å². The molecule has 2 aromatic rings. The van der Waals surface area contributed by atoms with E-state index in [0.29, 0.717) is 12.1 Å². The van der Waals surface area contributed by atoms with Crippen LogP contribution in [0.2, 0.25) is 5.02 Å². The molecule has 0 radical (unpaired) electrons. The molecule has 1 aromatic heterocycles. The molecule has 0 aliphatic heterocycles. The van der Waals surface area contributed by atoms with Crippen LogP contribution >= 0.6 is 11.6 Å². The average Bonchev–Trinajstić information content (AvgIpc) is 2.83. The minimum Gasteiger partial charge on any atom is -0.469 e. The lowest BCUT2D eigenvalue weighted by atomic mass is 10.1. The van der Waals surface area contributed by atoms with Crippen LogP contribution in [0.1, 0.15) is 18.2 Å². The summed E-state index contributed by atoms with van der Waals surface area (Å²) in [7, 11) is 0. The van der Waals surface area contributed by atoms with Crippen LogP contribution in [0, 0.1) is 0 Å². The molecule has 0 aliphatic rings. The number of benzene rings is 1. The molecule has 0 saturated carbocycles. The lowest BCUT2D eigenvalue weighted by Crippen LogP contribution is -2.18. The first-order valence-corrected chi connectivity index (χ1v) is 6.39. The van der Waals surface area contributed by atoms with Crippen molar-refractivity contribution in [3.05, 3.63) is 52.9 Å². The van der Waals surface area contributed by atoms with E-state index in [-0.39, 0.29) is 11.1 Å². The van der Waals surface area contributed by atoms with E-state index in [1.807, 2.05) is 13.0 Å². The number of nitrogens with one attached hydrogen (secondary N) is 1. The Bertz CT molecular complexity index is 566. The summed E-state index contributed by atoms with van der Waals surface area (Å²) in [6.07, 6.45) is -2.19. The van der Waals surface area contributed by atoms with Crippen molar-refractivity contribution in [2.24, 2.45) is 0 Å². The maximum Gasteiger partial charge on any atom is 0.416 e. The number of alkyl halides is 3. The lowest BCUT2D eigenvalue weighted by molar-refractivity contribution is -0.137. The first kappa shape index (κ1) is 14.8. The zero-order valence-electron chi connectivity index (χ0n) is 10.7. The lowest BCUT2D eigenvalue weighted by Gasteiger charge is -2.16. The van der Waals surface area contributed by atoms with Crippen molar-refractivity contribution >= 4 is 17.3 Å². The molecule has 1 heterocycles. The molecule has 108 valence electrons. The van der Waals surface area contributed by atoms with E-state index >= 15 is 0 Å². The van der Waals surface area contributed by atoms with Crippen LogP contribution < -0.4 is 5.32 Å². The molecule has 0 saturated heterocycles. The Morgan fingerprint density at radius 2 is 2.05 bits per heavy atom. The summed E-state index contributed by atoms with van der Waals surface area (Å²) < 4.78 is 42.8. The Hall–Kier alpha value is -1.62. The van der Waals surface area contributed by atoms with E-state index < -0.39 is 11.7 Å². The van der Waals surface area contributed by atoms with Gasteiger partial charge in [0.05, 0.1) is 22.5 Å². The number of hydrogen-bond donors (Lipinski definition) is 1. The normalized spacial score (nSPS) is 13.2. The fraction of sp³-hybridized carbons (Fsp3) is 0.286. The van der Waals surface area contributed by atoms with Crippen LogP contribution in [-0.2, 0) is 12.6 Å². The van der Waals surface area contributed by atoms with E-state index in [1.54, 1.807) is 12.3 Å². The van der Waals surface area contributed by atoms with Crippen LogP contribution in [0.15, 0.2) is 41.0 Å². The zero-order valence-corrected chi connectivity index (χ0v) is 11.4. The maximum absolute atomic E-state index is 12.5. The second kappa shape index (κ2) is 5.79. The first-order chi connectivity index (χ1) is 9.36. The predicted molar refractivity (Wildman–Crippen MR) is 72.0 cm³/mol. The smallest absolute Gasteiger partial charge is 0.416 e. The fourth-order valence-electron chi connectivity index (χ4n) is 1.86. The largest absolute Gasteiger partial charge is 0.469 e. The van der Waals surface area contributed by atoms with Gasteiger partial charge >= 0.3 is 6.18 Å². The van der Waals surface area contributed by atoms with E-state index in [1.165, 1.54) is 6.07 Å². The summed E-state index contributed by atoms with van der Waals surface area (Å²) >= 11 is 5.88. The van der Waals surface area contributed by atoms with Crippen LogP contribution in [0.4, 0.5) is 18.9 Å². The molecule has 2 rings (SSSR count). The van der Waals surface area contributed by atoms with Crippen molar-refractivity contribution in [2.75, 3.05) is 5.32 Å². The van der Waals surface area contributed by atoms with Crippen molar-refractivity contribution in [3.63, 3.8) is 0 Å². The van der Waals surface area contributed by atoms with Crippen LogP contribution in [0.5, 0.6) is 0 Å². The molecule has 1 unspecified atom stereocenters. The van der Waals surface area contributed by atoms with Gasteiger partial charge in [0, 0.05) is 12.5 Å². The average molecular weight is 304 g/mol. The number of hydrogen-bond acceptors (Lipinski definition) is 2. The molecule has 20 heavy (non-hydrogen) atoms. The fourth-order valence-corrected chi connectivity index (χ4v) is 2.09. The van der Waals surface area contributed by atoms with Gasteiger partial charge in [-0.05, 0) is 37.3 Å². The zero-order chi connectivity index (χ0) is 14.8. The van der Waals surface area contributed by atoms with Gasteiger partial charge in [-0.15, -0.1) is 0 Å². The van der Waals surface area contributed by atoms with E-state index in [9.17, 15) is 13.2 Å². The van der Waals surface area contributed by atoms with Gasteiger partial charge < -0.3 is 9.73 Å². The highest BCUT2D eigenvalue weighted by molar-refractivity contribution is 6.33. The molecule has 0 aliphatic carbocycles. The van der Waals surface area contributed by atoms with Crippen LogP contribution in [0.3, 0.4) is 0 Å². The second-order valence-corrected chi connectivity index (χ2v) is 4.93. The van der Waals surface area contributed by atoms with Gasteiger partial charge in [0.1, 0.15) is 5.76 Å². The molecule has 2 nitrogen and oxygen atoms in total. The summed E-state index contributed by atoms with van der Waals surface area (Å²) in [6, 6.07) is 6.87. The molecule has 1 N–H and O–H groups in total. The Balaban J connectivity index is 2.06. The molecule has 0 fully saturated rings. The van der Waals surface area contributed by atoms with Gasteiger partial charge in [-0.25, -0.2) is 0 Å². The molecular formula is C14H13ClF3NO. The summed E-state index contributed by atoms with van der Waals surface area (Å²) in [6.45, 7) is 1.90. The SMILES string of the molecule is CC(Cc1ccco1)Nc1ccc(C(F)(F)F)cc1Cl. The standard InChI is InChI=1S/C14H13ClF3NO/c1-9(7-11-3-2-6-20-11)19-13-5-4-10(8-12(13)15)14(16,17)18/h2-6,8-9,19H,7H2,1H3. The van der Waals surface area contributed by atoms with Crippen molar-refractivity contribution in [1.82, 2.24) is 0 Å². The van der Waals surface area contributed by atoms with E-state index in [2.05, 4.69) is 5.32 Å². The summed E-state index contributed by atoms with van der Waals surface area (Å²) in [5, 5.41) is 3.12. The molecule has 1 aromatic carbocycles. The van der Waals surface area contributed by atoms with Gasteiger partial charge in [-0.1, -0.05) is 11.6 Å².